The maximum Gasteiger partial charge on any atom is 0.260 e. The largest absolute Gasteiger partial charge is 0.477 e. The number of carbonyl (C=O) groups excluding carboxylic acids is 2. The summed E-state index contributed by atoms with van der Waals surface area (Å²) in [7, 11) is 0. The minimum Gasteiger partial charge on any atom is -0.477 e. The van der Waals surface area contributed by atoms with Crippen molar-refractivity contribution in [2.75, 3.05) is 11.4 Å². The first-order valence-electron chi connectivity index (χ1n) is 10.7. The van der Waals surface area contributed by atoms with Crippen LogP contribution in [0, 0.1) is 0 Å². The lowest BCUT2D eigenvalue weighted by molar-refractivity contribution is -0.124. The summed E-state index contributed by atoms with van der Waals surface area (Å²) >= 11 is 0. The van der Waals surface area contributed by atoms with Crippen molar-refractivity contribution < 1.29 is 14.3 Å². The molecule has 0 bridgehead atoms. The van der Waals surface area contributed by atoms with Crippen LogP contribution >= 0.6 is 0 Å². The summed E-state index contributed by atoms with van der Waals surface area (Å²) in [5, 5.41) is 5.14. The molecule has 33 heavy (non-hydrogen) atoms. The van der Waals surface area contributed by atoms with Crippen LogP contribution in [-0.4, -0.2) is 39.2 Å². The number of nitrogens with zero attached hydrogens (tertiary/aromatic N) is 4. The Kier molecular flexibility index (Phi) is 5.05. The third-order valence-corrected chi connectivity index (χ3v) is 5.69. The van der Waals surface area contributed by atoms with Crippen molar-refractivity contribution in [3.8, 4) is 17.0 Å². The van der Waals surface area contributed by atoms with Gasteiger partial charge in [0.1, 0.15) is 5.75 Å². The quantitative estimate of drug-likeness (QED) is 0.521. The Bertz CT molecular complexity index is 1360. The van der Waals surface area contributed by atoms with E-state index in [1.807, 2.05) is 50.2 Å². The Morgan fingerprint density at radius 3 is 2.55 bits per heavy atom. The van der Waals surface area contributed by atoms with Gasteiger partial charge in [0.2, 0.25) is 0 Å². The second-order valence-corrected chi connectivity index (χ2v) is 8.23. The Hall–Kier alpha value is -4.20. The van der Waals surface area contributed by atoms with Crippen LogP contribution < -0.4 is 15.4 Å². The van der Waals surface area contributed by atoms with E-state index in [1.54, 1.807) is 40.0 Å². The Balaban J connectivity index is 1.69. The molecule has 2 aromatic heterocycles. The number of fused-ring (bicyclic) bond motifs is 2. The van der Waals surface area contributed by atoms with Gasteiger partial charge in [-0.25, -0.2) is 9.67 Å². The molecular weight excluding hydrogens is 418 g/mol. The van der Waals surface area contributed by atoms with E-state index in [9.17, 15) is 9.59 Å². The zero-order valence-electron chi connectivity index (χ0n) is 18.3. The predicted molar refractivity (Wildman–Crippen MR) is 125 cm³/mol. The van der Waals surface area contributed by atoms with E-state index in [0.29, 0.717) is 33.7 Å². The van der Waals surface area contributed by atoms with Gasteiger partial charge in [-0.15, -0.1) is 0 Å². The number of hydrogen-bond acceptors (Lipinski definition) is 5. The van der Waals surface area contributed by atoms with E-state index in [2.05, 4.69) is 5.10 Å². The van der Waals surface area contributed by atoms with Crippen molar-refractivity contribution in [2.24, 2.45) is 5.73 Å². The van der Waals surface area contributed by atoms with Crippen LogP contribution in [0.15, 0.2) is 66.9 Å². The molecule has 0 saturated carbocycles. The smallest absolute Gasteiger partial charge is 0.260 e. The van der Waals surface area contributed by atoms with Crippen LogP contribution in [0.1, 0.15) is 30.2 Å². The van der Waals surface area contributed by atoms with Gasteiger partial charge in [-0.2, -0.15) is 5.10 Å². The highest BCUT2D eigenvalue weighted by Crippen LogP contribution is 2.35. The lowest BCUT2D eigenvalue weighted by atomic mass is 10.0. The molecule has 166 valence electrons. The number of rotatable bonds is 4. The molecule has 0 spiro atoms. The number of pyridine rings is 1. The number of aromatic nitrogens is 3. The number of hydrogen-bond donors (Lipinski definition) is 1. The summed E-state index contributed by atoms with van der Waals surface area (Å²) in [6.45, 7) is 4.05. The summed E-state index contributed by atoms with van der Waals surface area (Å²) in [6, 6.07) is 18.7. The van der Waals surface area contributed by atoms with E-state index < -0.39 is 12.0 Å². The van der Waals surface area contributed by atoms with E-state index in [-0.39, 0.29) is 18.5 Å². The molecular formula is C25H23N5O3. The van der Waals surface area contributed by atoms with Crippen molar-refractivity contribution in [1.82, 2.24) is 14.8 Å². The maximum absolute atomic E-state index is 14.0. The molecule has 0 aliphatic carbocycles. The summed E-state index contributed by atoms with van der Waals surface area (Å²) in [5.41, 5.74) is 8.75. The number of para-hydroxylation sites is 2. The number of anilines is 1. The highest BCUT2D eigenvalue weighted by Gasteiger charge is 2.34. The molecule has 2 amide bonds. The molecule has 4 aromatic rings. The standard InChI is InChI=1S/C25H23N5O3/c1-15(2)30-24-18(13-27-30)17(12-19(28-24)16-8-4-3-5-9-16)25(32)29-14-22(23(26)31)33-21-11-7-6-10-20(21)29/h3-13,15,22H,14H2,1-2H3,(H2,26,31). The van der Waals surface area contributed by atoms with Crippen LogP contribution in [0.4, 0.5) is 5.69 Å². The minimum atomic E-state index is -0.937. The Morgan fingerprint density at radius 2 is 1.82 bits per heavy atom. The van der Waals surface area contributed by atoms with Crippen LogP contribution in [0.2, 0.25) is 0 Å². The lowest BCUT2D eigenvalue weighted by Gasteiger charge is -2.33. The average Bonchev–Trinajstić information content (AvgIpc) is 3.27. The molecule has 0 saturated heterocycles. The minimum absolute atomic E-state index is 0.0218. The van der Waals surface area contributed by atoms with Gasteiger partial charge in [-0.1, -0.05) is 42.5 Å². The van der Waals surface area contributed by atoms with E-state index in [1.165, 1.54) is 0 Å². The highest BCUT2D eigenvalue weighted by molar-refractivity contribution is 6.14. The molecule has 1 unspecified atom stereocenters. The number of ether oxygens (including phenoxy) is 1. The van der Waals surface area contributed by atoms with Gasteiger partial charge in [0.15, 0.2) is 11.8 Å². The zero-order chi connectivity index (χ0) is 23.1. The normalized spacial score (nSPS) is 15.4. The van der Waals surface area contributed by atoms with Crippen LogP contribution in [-0.2, 0) is 4.79 Å². The maximum atomic E-state index is 14.0. The first-order valence-corrected chi connectivity index (χ1v) is 10.7. The molecule has 8 heteroatoms. The first-order chi connectivity index (χ1) is 15.9. The fourth-order valence-electron chi connectivity index (χ4n) is 4.05. The predicted octanol–water partition coefficient (Wildman–Crippen LogP) is 3.57. The zero-order valence-corrected chi connectivity index (χ0v) is 18.3. The number of primary amides is 1. The van der Waals surface area contributed by atoms with Gasteiger partial charge < -0.3 is 15.4 Å². The third-order valence-electron chi connectivity index (χ3n) is 5.69. The highest BCUT2D eigenvalue weighted by atomic mass is 16.5. The van der Waals surface area contributed by atoms with E-state index in [0.717, 1.165) is 5.56 Å². The first kappa shape index (κ1) is 20.7. The number of amides is 2. The van der Waals surface area contributed by atoms with Crippen LogP contribution in [0.25, 0.3) is 22.3 Å². The Morgan fingerprint density at radius 1 is 1.09 bits per heavy atom. The third kappa shape index (κ3) is 3.59. The summed E-state index contributed by atoms with van der Waals surface area (Å²) in [4.78, 5) is 32.3. The van der Waals surface area contributed by atoms with E-state index >= 15 is 0 Å². The number of carbonyl (C=O) groups is 2. The number of benzene rings is 2. The van der Waals surface area contributed by atoms with Crippen molar-refractivity contribution in [2.45, 2.75) is 26.0 Å². The molecule has 1 aliphatic rings. The van der Waals surface area contributed by atoms with Gasteiger partial charge >= 0.3 is 0 Å². The molecule has 0 radical (unpaired) electrons. The van der Waals surface area contributed by atoms with Crippen molar-refractivity contribution >= 4 is 28.5 Å². The van der Waals surface area contributed by atoms with Crippen LogP contribution in [0.3, 0.4) is 0 Å². The van der Waals surface area contributed by atoms with Gasteiger partial charge in [-0.05, 0) is 32.0 Å². The molecule has 5 rings (SSSR count). The second-order valence-electron chi connectivity index (χ2n) is 8.23. The van der Waals surface area contributed by atoms with Gasteiger partial charge in [0.05, 0.1) is 35.1 Å². The SMILES string of the molecule is CC(C)n1ncc2c(C(=O)N3CC(C(N)=O)Oc4ccccc43)cc(-c3ccccc3)nc21. The van der Waals surface area contributed by atoms with Crippen molar-refractivity contribution in [1.29, 1.82) is 0 Å². The van der Waals surface area contributed by atoms with Crippen molar-refractivity contribution in [3.63, 3.8) is 0 Å². The summed E-state index contributed by atoms with van der Waals surface area (Å²) in [5.74, 6) is -0.461. The summed E-state index contributed by atoms with van der Waals surface area (Å²) < 4.78 is 7.53. The molecule has 2 aromatic carbocycles. The van der Waals surface area contributed by atoms with Crippen LogP contribution in [0.5, 0.6) is 5.75 Å². The second kappa shape index (κ2) is 8.05. The fourth-order valence-corrected chi connectivity index (χ4v) is 4.05. The molecule has 2 N–H and O–H groups in total. The summed E-state index contributed by atoms with van der Waals surface area (Å²) in [6.07, 6.45) is 0.732. The monoisotopic (exact) mass is 441 g/mol. The van der Waals surface area contributed by atoms with Gasteiger partial charge in [-0.3, -0.25) is 9.59 Å². The van der Waals surface area contributed by atoms with Gasteiger partial charge in [0, 0.05) is 11.6 Å². The van der Waals surface area contributed by atoms with Gasteiger partial charge in [0.25, 0.3) is 11.8 Å². The average molecular weight is 441 g/mol. The molecule has 1 atom stereocenters. The van der Waals surface area contributed by atoms with E-state index in [4.69, 9.17) is 15.5 Å². The Labute approximate surface area is 190 Å². The molecule has 8 nitrogen and oxygen atoms in total. The fraction of sp³-hybridized carbons (Fsp3) is 0.200. The molecule has 3 heterocycles. The molecule has 1 aliphatic heterocycles. The topological polar surface area (TPSA) is 103 Å². The molecule has 0 fully saturated rings. The number of nitrogens with two attached hydrogens (primary N) is 1. The van der Waals surface area contributed by atoms with Crippen molar-refractivity contribution in [3.05, 3.63) is 72.4 Å². The lowest BCUT2D eigenvalue weighted by Crippen LogP contribution is -2.49.